The zero-order valence-electron chi connectivity index (χ0n) is 10.6. The maximum absolute atomic E-state index is 11.9. The van der Waals surface area contributed by atoms with Crippen LogP contribution in [0.1, 0.15) is 10.6 Å². The Bertz CT molecular complexity index is 592. The summed E-state index contributed by atoms with van der Waals surface area (Å²) >= 11 is 0. The summed E-state index contributed by atoms with van der Waals surface area (Å²) in [6, 6.07) is 8.09. The normalized spacial score (nSPS) is 10.0. The van der Waals surface area contributed by atoms with Crippen LogP contribution in [0.2, 0.25) is 0 Å². The van der Waals surface area contributed by atoms with Gasteiger partial charge in [-0.05, 0) is 18.2 Å². The van der Waals surface area contributed by atoms with Crippen LogP contribution >= 0.6 is 0 Å². The topological polar surface area (TPSA) is 86.7 Å². The fourth-order valence-corrected chi connectivity index (χ4v) is 1.56. The van der Waals surface area contributed by atoms with Gasteiger partial charge in [0.25, 0.3) is 5.91 Å². The molecule has 0 saturated carbocycles. The zero-order chi connectivity index (χ0) is 13.8. The van der Waals surface area contributed by atoms with E-state index in [1.54, 1.807) is 25.3 Å². The molecular formula is C13H14N2O4. The maximum Gasteiger partial charge on any atom is 0.291 e. The first-order valence-electron chi connectivity index (χ1n) is 5.52. The number of methoxy groups -OCH3 is 2. The molecule has 0 saturated heterocycles. The number of benzene rings is 1. The molecule has 0 bridgehead atoms. The average Bonchev–Trinajstić information content (AvgIpc) is 2.86. The van der Waals surface area contributed by atoms with Gasteiger partial charge in [-0.15, -0.1) is 0 Å². The summed E-state index contributed by atoms with van der Waals surface area (Å²) in [6.07, 6.45) is 0. The quantitative estimate of drug-likeness (QED) is 0.881. The molecule has 0 atom stereocenters. The van der Waals surface area contributed by atoms with Crippen molar-refractivity contribution in [2.45, 2.75) is 0 Å². The standard InChI is InChI=1S/C13H14N2O4/c1-17-8-3-4-9(11(7-8)18-2)15-13(16)10-5-6-12(14)19-10/h3-7H,14H2,1-2H3,(H,15,16). The number of hydrogen-bond donors (Lipinski definition) is 2. The third-order valence-electron chi connectivity index (χ3n) is 2.51. The number of nitrogens with one attached hydrogen (secondary N) is 1. The molecule has 0 radical (unpaired) electrons. The largest absolute Gasteiger partial charge is 0.497 e. The van der Waals surface area contributed by atoms with E-state index < -0.39 is 5.91 Å². The van der Waals surface area contributed by atoms with Crippen molar-refractivity contribution >= 4 is 17.5 Å². The Labute approximate surface area is 110 Å². The zero-order valence-corrected chi connectivity index (χ0v) is 10.6. The average molecular weight is 262 g/mol. The second-order valence-electron chi connectivity index (χ2n) is 3.72. The Morgan fingerprint density at radius 2 is 2.00 bits per heavy atom. The van der Waals surface area contributed by atoms with Crippen LogP contribution in [-0.4, -0.2) is 20.1 Å². The van der Waals surface area contributed by atoms with E-state index >= 15 is 0 Å². The molecule has 19 heavy (non-hydrogen) atoms. The van der Waals surface area contributed by atoms with Gasteiger partial charge in [-0.2, -0.15) is 0 Å². The number of hydrogen-bond acceptors (Lipinski definition) is 5. The van der Waals surface area contributed by atoms with Gasteiger partial charge in [0.05, 0.1) is 19.9 Å². The molecule has 2 rings (SSSR count). The molecule has 0 aliphatic carbocycles. The SMILES string of the molecule is COc1ccc(NC(=O)c2ccc(N)o2)c(OC)c1. The highest BCUT2D eigenvalue weighted by Crippen LogP contribution is 2.29. The van der Waals surface area contributed by atoms with Crippen molar-refractivity contribution in [3.8, 4) is 11.5 Å². The number of carbonyl (C=O) groups excluding carboxylic acids is 1. The molecule has 1 heterocycles. The molecule has 0 aliphatic rings. The summed E-state index contributed by atoms with van der Waals surface area (Å²) < 4.78 is 15.3. The van der Waals surface area contributed by atoms with Crippen molar-refractivity contribution in [1.29, 1.82) is 0 Å². The van der Waals surface area contributed by atoms with Crippen molar-refractivity contribution < 1.29 is 18.7 Å². The number of nitrogen functional groups attached to an aromatic ring is 1. The third-order valence-corrected chi connectivity index (χ3v) is 2.51. The number of carbonyl (C=O) groups is 1. The Balaban J connectivity index is 2.21. The Hall–Kier alpha value is -2.63. The molecule has 100 valence electrons. The van der Waals surface area contributed by atoms with Gasteiger partial charge in [-0.3, -0.25) is 4.79 Å². The van der Waals surface area contributed by atoms with Gasteiger partial charge in [-0.25, -0.2) is 0 Å². The van der Waals surface area contributed by atoms with E-state index in [2.05, 4.69) is 5.32 Å². The molecule has 0 fully saturated rings. The first-order valence-corrected chi connectivity index (χ1v) is 5.52. The molecule has 6 nitrogen and oxygen atoms in total. The summed E-state index contributed by atoms with van der Waals surface area (Å²) in [4.78, 5) is 11.9. The fourth-order valence-electron chi connectivity index (χ4n) is 1.56. The molecule has 3 N–H and O–H groups in total. The maximum atomic E-state index is 11.9. The van der Waals surface area contributed by atoms with E-state index in [9.17, 15) is 4.79 Å². The lowest BCUT2D eigenvalue weighted by Crippen LogP contribution is -2.11. The van der Waals surface area contributed by atoms with Gasteiger partial charge in [0.1, 0.15) is 11.5 Å². The predicted molar refractivity (Wildman–Crippen MR) is 70.6 cm³/mol. The lowest BCUT2D eigenvalue weighted by molar-refractivity contribution is 0.0997. The second-order valence-corrected chi connectivity index (χ2v) is 3.72. The molecule has 0 spiro atoms. The lowest BCUT2D eigenvalue weighted by Gasteiger charge is -2.10. The summed E-state index contributed by atoms with van der Waals surface area (Å²) in [7, 11) is 3.06. The van der Waals surface area contributed by atoms with Gasteiger partial charge < -0.3 is 24.9 Å². The van der Waals surface area contributed by atoms with E-state index in [0.29, 0.717) is 17.2 Å². The summed E-state index contributed by atoms with van der Waals surface area (Å²) in [5.74, 6) is 1.05. The van der Waals surface area contributed by atoms with Crippen LogP contribution in [0.15, 0.2) is 34.7 Å². The van der Waals surface area contributed by atoms with Crippen LogP contribution in [0, 0.1) is 0 Å². The van der Waals surface area contributed by atoms with Crippen molar-refractivity contribution in [1.82, 2.24) is 0 Å². The van der Waals surface area contributed by atoms with E-state index in [0.717, 1.165) is 0 Å². The van der Waals surface area contributed by atoms with Crippen LogP contribution in [0.25, 0.3) is 0 Å². The molecule has 1 amide bonds. The van der Waals surface area contributed by atoms with E-state index in [-0.39, 0.29) is 11.6 Å². The molecule has 1 aromatic carbocycles. The van der Waals surface area contributed by atoms with E-state index in [1.165, 1.54) is 19.2 Å². The number of amides is 1. The number of anilines is 2. The summed E-state index contributed by atoms with van der Waals surface area (Å²) in [5, 5.41) is 2.67. The lowest BCUT2D eigenvalue weighted by atomic mass is 10.2. The van der Waals surface area contributed by atoms with Crippen LogP contribution < -0.4 is 20.5 Å². The molecule has 6 heteroatoms. The Morgan fingerprint density at radius 3 is 2.58 bits per heavy atom. The predicted octanol–water partition coefficient (Wildman–Crippen LogP) is 2.13. The minimum Gasteiger partial charge on any atom is -0.497 e. The van der Waals surface area contributed by atoms with Crippen LogP contribution in [0.5, 0.6) is 11.5 Å². The molecule has 2 aromatic rings. The minimum atomic E-state index is -0.403. The van der Waals surface area contributed by atoms with Crippen molar-refractivity contribution in [2.75, 3.05) is 25.3 Å². The van der Waals surface area contributed by atoms with Gasteiger partial charge in [-0.1, -0.05) is 0 Å². The molecule has 1 aromatic heterocycles. The molecule has 0 aliphatic heterocycles. The van der Waals surface area contributed by atoms with Crippen LogP contribution in [0.4, 0.5) is 11.6 Å². The van der Waals surface area contributed by atoms with Gasteiger partial charge in [0, 0.05) is 12.1 Å². The van der Waals surface area contributed by atoms with Gasteiger partial charge in [0.15, 0.2) is 11.6 Å². The monoisotopic (exact) mass is 262 g/mol. The Morgan fingerprint density at radius 1 is 1.21 bits per heavy atom. The highest BCUT2D eigenvalue weighted by Gasteiger charge is 2.13. The second kappa shape index (κ2) is 5.34. The first-order chi connectivity index (χ1) is 9.13. The third kappa shape index (κ3) is 2.79. The number of furan rings is 1. The first kappa shape index (κ1) is 12.8. The minimum absolute atomic E-state index is 0.135. The smallest absolute Gasteiger partial charge is 0.291 e. The molecule has 0 unspecified atom stereocenters. The van der Waals surface area contributed by atoms with Crippen LogP contribution in [0.3, 0.4) is 0 Å². The van der Waals surface area contributed by atoms with Gasteiger partial charge in [0.2, 0.25) is 0 Å². The van der Waals surface area contributed by atoms with Crippen LogP contribution in [-0.2, 0) is 0 Å². The highest BCUT2D eigenvalue weighted by molar-refractivity contribution is 6.03. The van der Waals surface area contributed by atoms with E-state index in [1.807, 2.05) is 0 Å². The number of ether oxygens (including phenoxy) is 2. The Kier molecular flexibility index (Phi) is 3.61. The number of nitrogens with two attached hydrogens (primary N) is 1. The van der Waals surface area contributed by atoms with Crippen molar-refractivity contribution in [3.63, 3.8) is 0 Å². The summed E-state index contributed by atoms with van der Waals surface area (Å²) in [6.45, 7) is 0. The summed E-state index contributed by atoms with van der Waals surface area (Å²) in [5.41, 5.74) is 5.93. The number of rotatable bonds is 4. The fraction of sp³-hybridized carbons (Fsp3) is 0.154. The van der Waals surface area contributed by atoms with Crippen molar-refractivity contribution in [2.24, 2.45) is 0 Å². The van der Waals surface area contributed by atoms with E-state index in [4.69, 9.17) is 19.6 Å². The van der Waals surface area contributed by atoms with Crippen molar-refractivity contribution in [3.05, 3.63) is 36.1 Å². The highest BCUT2D eigenvalue weighted by atomic mass is 16.5. The molecular weight excluding hydrogens is 248 g/mol. The van der Waals surface area contributed by atoms with Gasteiger partial charge >= 0.3 is 0 Å².